The van der Waals surface area contributed by atoms with Crippen LogP contribution in [0.4, 0.5) is 0 Å². The fourth-order valence-electron chi connectivity index (χ4n) is 4.60. The first kappa shape index (κ1) is 21.8. The maximum Gasteiger partial charge on any atom is 0.315 e. The molecule has 0 amide bonds. The lowest BCUT2D eigenvalue weighted by molar-refractivity contribution is -0.146. The van der Waals surface area contributed by atoms with Crippen molar-refractivity contribution in [3.05, 3.63) is 81.0 Å². The number of benzene rings is 2. The Hall–Kier alpha value is -2.43. The summed E-state index contributed by atoms with van der Waals surface area (Å²) in [6.45, 7) is 3.89. The van der Waals surface area contributed by atoms with Gasteiger partial charge in [-0.05, 0) is 61.6 Å². The van der Waals surface area contributed by atoms with Gasteiger partial charge in [0, 0.05) is 39.4 Å². The van der Waals surface area contributed by atoms with Crippen LogP contribution in [0.2, 0.25) is 10.0 Å². The minimum atomic E-state index is -0.629. The molecule has 0 saturated heterocycles. The Morgan fingerprint density at radius 2 is 1.58 bits per heavy atom. The second-order valence-electron chi connectivity index (χ2n) is 7.95. The maximum absolute atomic E-state index is 13.4. The van der Waals surface area contributed by atoms with Crippen molar-refractivity contribution in [2.75, 3.05) is 6.61 Å². The van der Waals surface area contributed by atoms with Gasteiger partial charge in [0.25, 0.3) is 0 Å². The van der Waals surface area contributed by atoms with Crippen molar-refractivity contribution < 1.29 is 14.3 Å². The molecule has 4 nitrogen and oxygen atoms in total. The van der Waals surface area contributed by atoms with Crippen LogP contribution >= 0.6 is 23.2 Å². The minimum Gasteiger partial charge on any atom is -0.465 e. The first-order valence-electron chi connectivity index (χ1n) is 10.4. The van der Waals surface area contributed by atoms with Gasteiger partial charge in [0.05, 0.1) is 6.61 Å². The zero-order valence-corrected chi connectivity index (χ0v) is 18.9. The highest BCUT2D eigenvalue weighted by atomic mass is 35.5. The summed E-state index contributed by atoms with van der Waals surface area (Å²) in [6, 6.07) is 14.9. The molecule has 0 radical (unpaired) electrons. The molecule has 0 saturated carbocycles. The number of carbonyl (C=O) groups is 2. The van der Waals surface area contributed by atoms with Crippen LogP contribution in [0.5, 0.6) is 0 Å². The summed E-state index contributed by atoms with van der Waals surface area (Å²) in [5.74, 6) is -1.36. The molecule has 2 aromatic rings. The SMILES string of the molecule is CCOC(=O)C1C(C)=NC2=C(C(=O)C[C@@H](c3ccc(Cl)cc3)C2)[C@@H]1c1ccc(Cl)cc1. The molecule has 1 heterocycles. The summed E-state index contributed by atoms with van der Waals surface area (Å²) >= 11 is 12.1. The molecule has 0 bridgehead atoms. The second-order valence-corrected chi connectivity index (χ2v) is 8.83. The van der Waals surface area contributed by atoms with Gasteiger partial charge in [-0.15, -0.1) is 0 Å². The lowest BCUT2D eigenvalue weighted by Crippen LogP contribution is -2.38. The Kier molecular flexibility index (Phi) is 6.31. The lowest BCUT2D eigenvalue weighted by atomic mass is 9.69. The number of ether oxygens (including phenoxy) is 1. The third kappa shape index (κ3) is 4.32. The van der Waals surface area contributed by atoms with Crippen molar-refractivity contribution >= 4 is 40.7 Å². The quantitative estimate of drug-likeness (QED) is 0.520. The van der Waals surface area contributed by atoms with Gasteiger partial charge in [-0.1, -0.05) is 47.5 Å². The zero-order valence-electron chi connectivity index (χ0n) is 17.4. The highest BCUT2D eigenvalue weighted by Crippen LogP contribution is 2.47. The standard InChI is InChI=1S/C25H23Cl2NO3/c1-3-31-25(30)22-14(2)28-20-12-17(15-4-8-18(26)9-5-15)13-21(29)24(20)23(22)16-6-10-19(27)11-7-16/h4-11,17,22-23H,3,12-13H2,1-2H3/t17-,22?,23+/m0/s1. The number of allylic oxidation sites excluding steroid dienone is 2. The van der Waals surface area contributed by atoms with Crippen LogP contribution in [-0.4, -0.2) is 24.1 Å². The molecule has 1 unspecified atom stereocenters. The van der Waals surface area contributed by atoms with Gasteiger partial charge >= 0.3 is 5.97 Å². The fraction of sp³-hybridized carbons (Fsp3) is 0.320. The fourth-order valence-corrected chi connectivity index (χ4v) is 4.85. The molecule has 0 fully saturated rings. The molecule has 2 aromatic carbocycles. The topological polar surface area (TPSA) is 55.7 Å². The van der Waals surface area contributed by atoms with Gasteiger partial charge < -0.3 is 4.74 Å². The van der Waals surface area contributed by atoms with E-state index in [4.69, 9.17) is 32.9 Å². The number of nitrogens with zero attached hydrogens (tertiary/aromatic N) is 1. The van der Waals surface area contributed by atoms with Crippen LogP contribution in [0.15, 0.2) is 64.8 Å². The molecular weight excluding hydrogens is 433 g/mol. The average molecular weight is 456 g/mol. The molecular formula is C25H23Cl2NO3. The van der Waals surface area contributed by atoms with E-state index >= 15 is 0 Å². The first-order valence-corrected chi connectivity index (χ1v) is 11.1. The van der Waals surface area contributed by atoms with Crippen LogP contribution in [0, 0.1) is 5.92 Å². The van der Waals surface area contributed by atoms with Crippen LogP contribution in [0.1, 0.15) is 49.7 Å². The Morgan fingerprint density at radius 1 is 1.00 bits per heavy atom. The van der Waals surface area contributed by atoms with Gasteiger partial charge in [-0.25, -0.2) is 0 Å². The van der Waals surface area contributed by atoms with Gasteiger partial charge in [-0.2, -0.15) is 0 Å². The highest BCUT2D eigenvalue weighted by molar-refractivity contribution is 6.30. The maximum atomic E-state index is 13.4. The van der Waals surface area contributed by atoms with Crippen molar-refractivity contribution in [3.8, 4) is 0 Å². The molecule has 6 heteroatoms. The summed E-state index contributed by atoms with van der Waals surface area (Å²) in [5.41, 5.74) is 3.97. The molecule has 3 atom stereocenters. The van der Waals surface area contributed by atoms with Crippen LogP contribution < -0.4 is 0 Å². The lowest BCUT2D eigenvalue weighted by Gasteiger charge is -2.36. The number of hydrogen-bond acceptors (Lipinski definition) is 4. The number of esters is 1. The van der Waals surface area contributed by atoms with E-state index in [0.717, 1.165) is 16.8 Å². The summed E-state index contributed by atoms with van der Waals surface area (Å²) in [7, 11) is 0. The molecule has 4 rings (SSSR count). The number of aliphatic imine (C=N–C) groups is 1. The third-order valence-corrected chi connectivity index (χ3v) is 6.50. The summed E-state index contributed by atoms with van der Waals surface area (Å²) in [6.07, 6.45) is 1.01. The molecule has 31 heavy (non-hydrogen) atoms. The van der Waals surface area contributed by atoms with E-state index in [2.05, 4.69) is 0 Å². The van der Waals surface area contributed by atoms with Crippen LogP contribution in [0.3, 0.4) is 0 Å². The number of ketones is 1. The van der Waals surface area contributed by atoms with E-state index < -0.39 is 11.8 Å². The van der Waals surface area contributed by atoms with E-state index in [0.29, 0.717) is 34.2 Å². The Bertz CT molecular complexity index is 1070. The van der Waals surface area contributed by atoms with E-state index in [1.54, 1.807) is 19.1 Å². The van der Waals surface area contributed by atoms with Gasteiger partial charge in [-0.3, -0.25) is 14.6 Å². The third-order valence-electron chi connectivity index (χ3n) is 6.00. The molecule has 0 N–H and O–H groups in total. The summed E-state index contributed by atoms with van der Waals surface area (Å²) in [5, 5.41) is 1.27. The van der Waals surface area contributed by atoms with E-state index in [1.807, 2.05) is 43.3 Å². The Balaban J connectivity index is 1.78. The number of Topliss-reactive ketones (excluding diaryl/α,β-unsaturated/α-hetero) is 1. The zero-order chi connectivity index (χ0) is 22.1. The van der Waals surface area contributed by atoms with Gasteiger partial charge in [0.1, 0.15) is 5.92 Å². The summed E-state index contributed by atoms with van der Waals surface area (Å²) < 4.78 is 5.35. The first-order chi connectivity index (χ1) is 14.9. The molecule has 2 aliphatic rings. The largest absolute Gasteiger partial charge is 0.465 e. The number of hydrogen-bond donors (Lipinski definition) is 0. The van der Waals surface area contributed by atoms with Crippen molar-refractivity contribution in [1.29, 1.82) is 0 Å². The Morgan fingerprint density at radius 3 is 2.16 bits per heavy atom. The van der Waals surface area contributed by atoms with Crippen molar-refractivity contribution in [2.45, 2.75) is 38.5 Å². The number of carbonyl (C=O) groups excluding carboxylic acids is 2. The number of halogens is 2. The van der Waals surface area contributed by atoms with Crippen molar-refractivity contribution in [3.63, 3.8) is 0 Å². The highest BCUT2D eigenvalue weighted by Gasteiger charge is 2.44. The van der Waals surface area contributed by atoms with Gasteiger partial charge in [0.2, 0.25) is 0 Å². The van der Waals surface area contributed by atoms with E-state index in [-0.39, 0.29) is 24.3 Å². The second kappa shape index (κ2) is 8.97. The predicted octanol–water partition coefficient (Wildman–Crippen LogP) is 6.13. The monoisotopic (exact) mass is 455 g/mol. The minimum absolute atomic E-state index is 0.0201. The summed E-state index contributed by atoms with van der Waals surface area (Å²) in [4.78, 5) is 31.1. The van der Waals surface area contributed by atoms with Crippen LogP contribution in [-0.2, 0) is 14.3 Å². The molecule has 0 aromatic heterocycles. The average Bonchev–Trinajstić information content (AvgIpc) is 2.74. The molecule has 1 aliphatic heterocycles. The van der Waals surface area contributed by atoms with E-state index in [9.17, 15) is 9.59 Å². The normalized spacial score (nSPS) is 23.3. The van der Waals surface area contributed by atoms with Gasteiger partial charge in [0.15, 0.2) is 5.78 Å². The molecule has 1 aliphatic carbocycles. The molecule has 0 spiro atoms. The Labute approximate surface area is 191 Å². The molecule has 160 valence electrons. The van der Waals surface area contributed by atoms with E-state index in [1.165, 1.54) is 0 Å². The predicted molar refractivity (Wildman–Crippen MR) is 123 cm³/mol. The smallest absolute Gasteiger partial charge is 0.315 e. The number of rotatable bonds is 4. The van der Waals surface area contributed by atoms with Crippen molar-refractivity contribution in [1.82, 2.24) is 0 Å². The van der Waals surface area contributed by atoms with Crippen molar-refractivity contribution in [2.24, 2.45) is 10.9 Å². The van der Waals surface area contributed by atoms with Crippen LogP contribution in [0.25, 0.3) is 0 Å².